The maximum Gasteiger partial charge on any atom is 0.338 e. The van der Waals surface area contributed by atoms with E-state index in [0.717, 1.165) is 38.0 Å². The molecule has 3 aromatic carbocycles. The Labute approximate surface area is 267 Å². The van der Waals surface area contributed by atoms with Gasteiger partial charge in [0.25, 0.3) is 0 Å². The number of imide groups is 1. The average Bonchev–Trinajstić information content (AvgIpc) is 3.45. The number of nitrogens with zero attached hydrogens (tertiary/aromatic N) is 2. The maximum atomic E-state index is 13.9. The zero-order valence-corrected chi connectivity index (χ0v) is 26.2. The molecule has 0 saturated carbocycles. The van der Waals surface area contributed by atoms with E-state index in [-0.39, 0.29) is 18.8 Å². The normalized spacial score (nSPS) is 19.0. The van der Waals surface area contributed by atoms with Gasteiger partial charge in [-0.3, -0.25) is 23.7 Å². The van der Waals surface area contributed by atoms with Crippen molar-refractivity contribution in [2.45, 2.75) is 29.7 Å². The van der Waals surface area contributed by atoms with E-state index in [0.29, 0.717) is 21.2 Å². The number of fused-ring (bicyclic) bond motifs is 2. The van der Waals surface area contributed by atoms with Gasteiger partial charge in [0.05, 0.1) is 28.8 Å². The molecule has 3 heterocycles. The van der Waals surface area contributed by atoms with Crippen molar-refractivity contribution in [3.63, 3.8) is 0 Å². The standard InChI is InChI=1S/C31H23BrFN3O6S2/c1-2-42-30(40)17-5-11-20(12-6-17)34-22(37)15-35-29-26(44-31(35)41)23(16-3-7-18(32)8-4-16)24-25(43-29)28(39)36(27(24)38)21-13-9-19(33)10-14-21/h3-14,23-25H,2,15H2,1H3,(H,34,37). The molecule has 6 rings (SSSR count). The maximum absolute atomic E-state index is 13.9. The van der Waals surface area contributed by atoms with Crippen molar-refractivity contribution in [1.82, 2.24) is 4.57 Å². The van der Waals surface area contributed by atoms with Gasteiger partial charge in [-0.1, -0.05) is 51.2 Å². The summed E-state index contributed by atoms with van der Waals surface area (Å²) in [6.07, 6.45) is 0. The molecule has 2 aliphatic rings. The van der Waals surface area contributed by atoms with E-state index in [1.165, 1.54) is 41.0 Å². The highest BCUT2D eigenvalue weighted by atomic mass is 79.9. The van der Waals surface area contributed by atoms with E-state index in [9.17, 15) is 28.4 Å². The quantitative estimate of drug-likeness (QED) is 0.203. The summed E-state index contributed by atoms with van der Waals surface area (Å²) in [5.74, 6) is -3.80. The summed E-state index contributed by atoms with van der Waals surface area (Å²) < 4.78 is 20.8. The first-order valence-electron chi connectivity index (χ1n) is 13.5. The Morgan fingerprint density at radius 2 is 1.64 bits per heavy atom. The summed E-state index contributed by atoms with van der Waals surface area (Å²) in [6, 6.07) is 18.7. The van der Waals surface area contributed by atoms with Crippen LogP contribution in [0.2, 0.25) is 0 Å². The van der Waals surface area contributed by atoms with Crippen LogP contribution in [-0.4, -0.2) is 40.1 Å². The molecule has 1 aromatic heterocycles. The molecule has 1 saturated heterocycles. The number of hydrogen-bond acceptors (Lipinski definition) is 8. The van der Waals surface area contributed by atoms with Gasteiger partial charge in [-0.2, -0.15) is 0 Å². The molecule has 9 nitrogen and oxygen atoms in total. The molecule has 0 spiro atoms. The number of amides is 3. The van der Waals surface area contributed by atoms with Gasteiger partial charge in [0.15, 0.2) is 0 Å². The highest BCUT2D eigenvalue weighted by Crippen LogP contribution is 2.54. The number of thiazole rings is 1. The molecule has 0 radical (unpaired) electrons. The van der Waals surface area contributed by atoms with Crippen molar-refractivity contribution in [3.8, 4) is 0 Å². The fourth-order valence-corrected chi connectivity index (χ4v) is 8.41. The highest BCUT2D eigenvalue weighted by molar-refractivity contribution is 9.10. The average molecular weight is 697 g/mol. The van der Waals surface area contributed by atoms with Crippen molar-refractivity contribution in [1.29, 1.82) is 0 Å². The first kappa shape index (κ1) is 30.0. The number of hydrogen-bond donors (Lipinski definition) is 1. The van der Waals surface area contributed by atoms with Gasteiger partial charge in [0.2, 0.25) is 17.7 Å². The number of anilines is 2. The number of esters is 1. The molecule has 44 heavy (non-hydrogen) atoms. The van der Waals surface area contributed by atoms with Gasteiger partial charge >= 0.3 is 10.8 Å². The third-order valence-corrected chi connectivity index (χ3v) is 10.5. The lowest BCUT2D eigenvalue weighted by Gasteiger charge is -2.30. The van der Waals surface area contributed by atoms with Gasteiger partial charge in [-0.05, 0) is 73.2 Å². The Morgan fingerprint density at radius 1 is 0.955 bits per heavy atom. The summed E-state index contributed by atoms with van der Waals surface area (Å²) in [5.41, 5.74) is 1.77. The highest BCUT2D eigenvalue weighted by Gasteiger charge is 2.56. The molecule has 0 aliphatic carbocycles. The lowest BCUT2D eigenvalue weighted by molar-refractivity contribution is -0.122. The van der Waals surface area contributed by atoms with Crippen LogP contribution in [0.5, 0.6) is 0 Å². The number of carbonyl (C=O) groups excluding carboxylic acids is 4. The van der Waals surface area contributed by atoms with Crippen molar-refractivity contribution in [3.05, 3.63) is 109 Å². The summed E-state index contributed by atoms with van der Waals surface area (Å²) in [7, 11) is 0. The summed E-state index contributed by atoms with van der Waals surface area (Å²) in [4.78, 5) is 67.3. The second kappa shape index (κ2) is 12.1. The Kier molecular flexibility index (Phi) is 8.27. The minimum Gasteiger partial charge on any atom is -0.462 e. The number of benzene rings is 3. The van der Waals surface area contributed by atoms with Crippen molar-refractivity contribution < 1.29 is 28.3 Å². The number of thioether (sulfide) groups is 1. The van der Waals surface area contributed by atoms with Crippen molar-refractivity contribution in [2.24, 2.45) is 5.92 Å². The molecule has 13 heteroatoms. The fourth-order valence-electron chi connectivity index (χ4n) is 5.38. The van der Waals surface area contributed by atoms with Crippen LogP contribution in [0.3, 0.4) is 0 Å². The minimum atomic E-state index is -0.868. The molecular weight excluding hydrogens is 673 g/mol. The Balaban J connectivity index is 1.33. The molecule has 1 N–H and O–H groups in total. The summed E-state index contributed by atoms with van der Waals surface area (Å²) in [5, 5.41) is 2.32. The summed E-state index contributed by atoms with van der Waals surface area (Å²) >= 11 is 5.47. The van der Waals surface area contributed by atoms with E-state index in [2.05, 4.69) is 21.2 Å². The smallest absolute Gasteiger partial charge is 0.338 e. The predicted octanol–water partition coefficient (Wildman–Crippen LogP) is 5.42. The van der Waals surface area contributed by atoms with Gasteiger partial charge < -0.3 is 10.1 Å². The zero-order valence-electron chi connectivity index (χ0n) is 23.0. The molecule has 1 fully saturated rings. The molecule has 0 bridgehead atoms. The number of ether oxygens (including phenoxy) is 1. The second-order valence-electron chi connectivity index (χ2n) is 10.1. The van der Waals surface area contributed by atoms with E-state index >= 15 is 0 Å². The fraction of sp³-hybridized carbons (Fsp3) is 0.194. The Bertz CT molecular complexity index is 1840. The lowest BCUT2D eigenvalue weighted by atomic mass is 9.83. The molecule has 3 atom stereocenters. The third-order valence-electron chi connectivity index (χ3n) is 7.34. The van der Waals surface area contributed by atoms with Crippen LogP contribution >= 0.6 is 39.0 Å². The summed E-state index contributed by atoms with van der Waals surface area (Å²) in [6.45, 7) is 1.62. The number of rotatable bonds is 7. The topological polar surface area (TPSA) is 115 Å². The largest absolute Gasteiger partial charge is 0.462 e. The number of aromatic nitrogens is 1. The Hall–Kier alpha value is -4.07. The molecule has 3 amide bonds. The van der Waals surface area contributed by atoms with Crippen LogP contribution in [0.25, 0.3) is 0 Å². The van der Waals surface area contributed by atoms with Crippen molar-refractivity contribution >= 4 is 74.1 Å². The van der Waals surface area contributed by atoms with E-state index in [1.54, 1.807) is 19.1 Å². The second-order valence-corrected chi connectivity index (χ2v) is 13.1. The van der Waals surface area contributed by atoms with Gasteiger partial charge in [0, 0.05) is 21.0 Å². The molecule has 2 aliphatic heterocycles. The monoisotopic (exact) mass is 695 g/mol. The SMILES string of the molecule is CCOC(=O)c1ccc(NC(=O)Cn2c3c(sc2=O)C(c2ccc(Br)cc2)C2C(=O)N(c4ccc(F)cc4)C(=O)C2S3)cc1. The van der Waals surface area contributed by atoms with Gasteiger partial charge in [-0.15, -0.1) is 0 Å². The first-order valence-corrected chi connectivity index (χ1v) is 16.0. The van der Waals surface area contributed by atoms with Crippen molar-refractivity contribution in [2.75, 3.05) is 16.8 Å². The van der Waals surface area contributed by atoms with Crippen LogP contribution in [0.4, 0.5) is 15.8 Å². The van der Waals surface area contributed by atoms with Crippen LogP contribution in [0.15, 0.2) is 87.1 Å². The van der Waals surface area contributed by atoms with Gasteiger partial charge in [0.1, 0.15) is 17.6 Å². The van der Waals surface area contributed by atoms with E-state index in [1.807, 2.05) is 24.3 Å². The van der Waals surface area contributed by atoms with E-state index < -0.39 is 51.5 Å². The minimum absolute atomic E-state index is 0.239. The number of carbonyl (C=O) groups is 4. The molecule has 3 unspecified atom stereocenters. The van der Waals surface area contributed by atoms with E-state index in [4.69, 9.17) is 4.74 Å². The van der Waals surface area contributed by atoms with Crippen LogP contribution in [0, 0.1) is 11.7 Å². The lowest BCUT2D eigenvalue weighted by Crippen LogP contribution is -2.33. The predicted molar refractivity (Wildman–Crippen MR) is 168 cm³/mol. The number of nitrogens with one attached hydrogen (secondary N) is 1. The molecule has 4 aromatic rings. The zero-order chi connectivity index (χ0) is 31.1. The van der Waals surface area contributed by atoms with Gasteiger partial charge in [-0.25, -0.2) is 14.1 Å². The number of halogens is 2. The molecule has 224 valence electrons. The van der Waals surface area contributed by atoms with Crippen LogP contribution < -0.4 is 15.1 Å². The third kappa shape index (κ3) is 5.51. The van der Waals surface area contributed by atoms with Crippen LogP contribution in [-0.2, 0) is 25.7 Å². The first-order chi connectivity index (χ1) is 21.2. The van der Waals surface area contributed by atoms with Crippen LogP contribution in [0.1, 0.15) is 33.6 Å². The molecular formula is C31H23BrFN3O6S2. The Morgan fingerprint density at radius 3 is 2.30 bits per heavy atom.